The Morgan fingerprint density at radius 2 is 1.90 bits per heavy atom. The predicted molar refractivity (Wildman–Crippen MR) is 130 cm³/mol. The normalized spacial score (nSPS) is 17.7. The van der Waals surface area contributed by atoms with Crippen LogP contribution >= 0.6 is 24.0 Å². The third-order valence-corrected chi connectivity index (χ3v) is 5.79. The van der Waals surface area contributed by atoms with Gasteiger partial charge >= 0.3 is 0 Å². The summed E-state index contributed by atoms with van der Waals surface area (Å²) in [5.74, 6) is 0.522. The van der Waals surface area contributed by atoms with Crippen LogP contribution in [0, 0.1) is 5.82 Å². The lowest BCUT2D eigenvalue weighted by atomic mass is 10.0. The lowest BCUT2D eigenvalue weighted by molar-refractivity contribution is 0.0179. The van der Waals surface area contributed by atoms with E-state index in [0.29, 0.717) is 38.7 Å². The molecule has 0 saturated carbocycles. The molecule has 0 radical (unpaired) electrons. The number of rotatable bonds is 9. The number of morpholine rings is 1. The van der Waals surface area contributed by atoms with Crippen molar-refractivity contribution in [3.8, 4) is 0 Å². The van der Waals surface area contributed by atoms with Gasteiger partial charge in [0.15, 0.2) is 5.96 Å². The van der Waals surface area contributed by atoms with E-state index >= 15 is 0 Å². The number of ether oxygens (including phenoxy) is 1. The first-order valence-corrected chi connectivity index (χ1v) is 12.1. The van der Waals surface area contributed by atoms with Crippen molar-refractivity contribution in [3.63, 3.8) is 0 Å². The van der Waals surface area contributed by atoms with E-state index in [9.17, 15) is 12.8 Å². The number of hydrogen-bond acceptors (Lipinski definition) is 5. The molecule has 7 nitrogen and oxygen atoms in total. The van der Waals surface area contributed by atoms with Gasteiger partial charge in [0.1, 0.15) is 15.7 Å². The summed E-state index contributed by atoms with van der Waals surface area (Å²) in [7, 11) is -3.00. The molecule has 2 unspecified atom stereocenters. The second kappa shape index (κ2) is 13.4. The van der Waals surface area contributed by atoms with Crippen LogP contribution in [0.4, 0.5) is 4.39 Å². The van der Waals surface area contributed by atoms with Crippen molar-refractivity contribution in [2.45, 2.75) is 32.4 Å². The molecule has 2 rings (SSSR count). The van der Waals surface area contributed by atoms with Gasteiger partial charge in [-0.2, -0.15) is 0 Å². The topological polar surface area (TPSA) is 83.0 Å². The second-order valence-electron chi connectivity index (χ2n) is 7.40. The van der Waals surface area contributed by atoms with Gasteiger partial charge in [0, 0.05) is 31.9 Å². The summed E-state index contributed by atoms with van der Waals surface area (Å²) in [5.41, 5.74) is 1.01. The highest BCUT2D eigenvalue weighted by Crippen LogP contribution is 2.22. The van der Waals surface area contributed by atoms with Crippen LogP contribution < -0.4 is 10.6 Å². The molecule has 30 heavy (non-hydrogen) atoms. The maximum absolute atomic E-state index is 13.4. The molecular formula is C20H34FIN4O3S. The molecule has 1 fully saturated rings. The largest absolute Gasteiger partial charge is 0.379 e. The average Bonchev–Trinajstić information content (AvgIpc) is 2.68. The molecule has 0 amide bonds. The molecule has 0 aliphatic carbocycles. The molecule has 1 aliphatic rings. The van der Waals surface area contributed by atoms with Crippen molar-refractivity contribution in [2.75, 3.05) is 51.4 Å². The summed E-state index contributed by atoms with van der Waals surface area (Å²) in [6.45, 7) is 8.06. The van der Waals surface area contributed by atoms with Gasteiger partial charge in [-0.1, -0.05) is 12.1 Å². The molecule has 1 aromatic carbocycles. The fourth-order valence-electron chi connectivity index (χ4n) is 3.20. The molecule has 1 saturated heterocycles. The summed E-state index contributed by atoms with van der Waals surface area (Å²) in [6, 6.07) is 6.54. The van der Waals surface area contributed by atoms with Crippen molar-refractivity contribution in [1.82, 2.24) is 15.5 Å². The number of nitrogens with zero attached hydrogens (tertiary/aromatic N) is 2. The molecule has 0 aromatic heterocycles. The van der Waals surface area contributed by atoms with Crippen LogP contribution in [0.1, 0.15) is 31.9 Å². The third kappa shape index (κ3) is 9.88. The van der Waals surface area contributed by atoms with Crippen molar-refractivity contribution < 1.29 is 17.5 Å². The Kier molecular flexibility index (Phi) is 12.1. The van der Waals surface area contributed by atoms with E-state index in [1.807, 2.05) is 13.8 Å². The molecule has 10 heteroatoms. The molecule has 172 valence electrons. The van der Waals surface area contributed by atoms with Crippen LogP contribution in [0.5, 0.6) is 0 Å². The van der Waals surface area contributed by atoms with Gasteiger partial charge in [-0.15, -0.1) is 24.0 Å². The number of guanidine groups is 1. The fraction of sp³-hybridized carbons (Fsp3) is 0.650. The molecule has 1 heterocycles. The van der Waals surface area contributed by atoms with Gasteiger partial charge < -0.3 is 15.4 Å². The van der Waals surface area contributed by atoms with Crippen LogP contribution in [-0.2, 0) is 14.6 Å². The fourth-order valence-corrected chi connectivity index (χ4v) is 3.98. The van der Waals surface area contributed by atoms with Crippen molar-refractivity contribution >= 4 is 39.8 Å². The first kappa shape index (κ1) is 27.1. The highest BCUT2D eigenvalue weighted by molar-refractivity contribution is 14.0. The van der Waals surface area contributed by atoms with Gasteiger partial charge in [-0.25, -0.2) is 12.8 Å². The van der Waals surface area contributed by atoms with Crippen molar-refractivity contribution in [1.29, 1.82) is 0 Å². The predicted octanol–water partition coefficient (Wildman–Crippen LogP) is 2.20. The molecule has 0 spiro atoms. The smallest absolute Gasteiger partial charge is 0.191 e. The summed E-state index contributed by atoms with van der Waals surface area (Å²) in [4.78, 5) is 7.04. The number of benzene rings is 1. The van der Waals surface area contributed by atoms with Gasteiger partial charge in [0.2, 0.25) is 0 Å². The van der Waals surface area contributed by atoms with Crippen molar-refractivity contribution in [3.05, 3.63) is 35.6 Å². The zero-order valence-corrected chi connectivity index (χ0v) is 21.1. The van der Waals surface area contributed by atoms with Gasteiger partial charge in [-0.05, 0) is 38.0 Å². The summed E-state index contributed by atoms with van der Waals surface area (Å²) >= 11 is 0. The average molecular weight is 556 g/mol. The number of hydrogen-bond donors (Lipinski definition) is 2. The maximum Gasteiger partial charge on any atom is 0.191 e. The SMILES string of the molecule is CCNC(=NCC(c1ccc(F)cc1)N1CCOCC1)NC(C)CCS(C)(=O)=O.I. The van der Waals surface area contributed by atoms with E-state index in [1.54, 1.807) is 12.1 Å². The minimum atomic E-state index is -3.00. The monoisotopic (exact) mass is 556 g/mol. The minimum absolute atomic E-state index is 0. The van der Waals surface area contributed by atoms with E-state index in [4.69, 9.17) is 9.73 Å². The zero-order chi connectivity index (χ0) is 21.3. The van der Waals surface area contributed by atoms with Gasteiger partial charge in [-0.3, -0.25) is 9.89 Å². The minimum Gasteiger partial charge on any atom is -0.379 e. The van der Waals surface area contributed by atoms with Crippen LogP contribution in [0.25, 0.3) is 0 Å². The number of nitrogens with one attached hydrogen (secondary N) is 2. The molecule has 2 N–H and O–H groups in total. The van der Waals surface area contributed by atoms with Crippen LogP contribution in [0.3, 0.4) is 0 Å². The van der Waals surface area contributed by atoms with Crippen LogP contribution in [-0.4, -0.2) is 76.7 Å². The third-order valence-electron chi connectivity index (χ3n) is 4.81. The first-order chi connectivity index (χ1) is 13.8. The Bertz CT molecular complexity index is 756. The van der Waals surface area contributed by atoms with E-state index < -0.39 is 9.84 Å². The molecular weight excluding hydrogens is 522 g/mol. The Balaban J connectivity index is 0.00000450. The first-order valence-electron chi connectivity index (χ1n) is 10.1. The number of aliphatic imine (C=N–C) groups is 1. The maximum atomic E-state index is 13.4. The zero-order valence-electron chi connectivity index (χ0n) is 17.9. The van der Waals surface area contributed by atoms with Gasteiger partial charge in [0.05, 0.1) is 31.6 Å². The summed E-state index contributed by atoms with van der Waals surface area (Å²) in [6.07, 6.45) is 1.75. The lowest BCUT2D eigenvalue weighted by Crippen LogP contribution is -2.44. The molecule has 0 bridgehead atoms. The highest BCUT2D eigenvalue weighted by atomic mass is 127. The van der Waals surface area contributed by atoms with E-state index in [-0.39, 0.29) is 47.6 Å². The van der Waals surface area contributed by atoms with Crippen LogP contribution in [0.2, 0.25) is 0 Å². The Hall–Kier alpha value is -0.980. The second-order valence-corrected chi connectivity index (χ2v) is 9.66. The molecule has 2 atom stereocenters. The Morgan fingerprint density at radius 3 is 2.47 bits per heavy atom. The Labute approximate surface area is 196 Å². The number of sulfone groups is 1. The van der Waals surface area contributed by atoms with E-state index in [2.05, 4.69) is 15.5 Å². The summed E-state index contributed by atoms with van der Waals surface area (Å²) < 4.78 is 41.7. The lowest BCUT2D eigenvalue weighted by Gasteiger charge is -2.34. The van der Waals surface area contributed by atoms with Crippen LogP contribution in [0.15, 0.2) is 29.3 Å². The summed E-state index contributed by atoms with van der Waals surface area (Å²) in [5, 5.41) is 6.50. The van der Waals surface area contributed by atoms with E-state index in [0.717, 1.165) is 18.7 Å². The van der Waals surface area contributed by atoms with E-state index in [1.165, 1.54) is 18.4 Å². The van der Waals surface area contributed by atoms with Gasteiger partial charge in [0.25, 0.3) is 0 Å². The Morgan fingerprint density at radius 1 is 1.27 bits per heavy atom. The number of halogens is 2. The standard InChI is InChI=1S/C20H33FN4O3S.HI/c1-4-22-20(24-16(2)9-14-29(3,26)27)23-15-19(25-10-12-28-13-11-25)17-5-7-18(21)8-6-17;/h5-8,16,19H,4,9-15H2,1-3H3,(H2,22,23,24);1H. The molecule has 1 aliphatic heterocycles. The quantitative estimate of drug-likeness (QED) is 0.276. The van der Waals surface area contributed by atoms with Crippen molar-refractivity contribution in [2.24, 2.45) is 4.99 Å². The highest BCUT2D eigenvalue weighted by Gasteiger charge is 2.23. The molecule has 1 aromatic rings.